The predicted molar refractivity (Wildman–Crippen MR) is 99.1 cm³/mol. The normalized spacial score (nSPS) is 11.8. The van der Waals surface area contributed by atoms with Gasteiger partial charge in [0.1, 0.15) is 6.04 Å². The fraction of sp³-hybridized carbons (Fsp3) is 0.188. The lowest BCUT2D eigenvalue weighted by Crippen LogP contribution is -2.32. The molecule has 0 radical (unpaired) electrons. The van der Waals surface area contributed by atoms with Crippen LogP contribution in [-0.4, -0.2) is 18.2 Å². The van der Waals surface area contributed by atoms with Crippen LogP contribution >= 0.6 is 34.4 Å². The molecule has 5 heteroatoms. The van der Waals surface area contributed by atoms with Gasteiger partial charge in [0, 0.05) is 14.2 Å². The van der Waals surface area contributed by atoms with Crippen LogP contribution in [0.15, 0.2) is 53.4 Å². The van der Waals surface area contributed by atoms with E-state index in [4.69, 9.17) is 0 Å². The number of carbonyl (C=O) groups excluding carboxylic acids is 1. The Balaban J connectivity index is 2.02. The molecule has 0 aliphatic carbocycles. The largest absolute Gasteiger partial charge is 0.374 e. The fourth-order valence-corrected chi connectivity index (χ4v) is 2.98. The summed E-state index contributed by atoms with van der Waals surface area (Å²) in [4.78, 5) is 13.3. The summed E-state index contributed by atoms with van der Waals surface area (Å²) in [5, 5.41) is 6.19. The second-order valence-corrected chi connectivity index (χ2v) is 6.66. The van der Waals surface area contributed by atoms with Crippen molar-refractivity contribution in [3.63, 3.8) is 0 Å². The molecular formula is C16H17IN2OS. The van der Waals surface area contributed by atoms with Crippen LogP contribution in [0.25, 0.3) is 0 Å². The lowest BCUT2D eigenvalue weighted by atomic mass is 10.2. The molecule has 2 rings (SSSR count). The molecule has 21 heavy (non-hydrogen) atoms. The van der Waals surface area contributed by atoms with E-state index in [2.05, 4.69) is 33.2 Å². The van der Waals surface area contributed by atoms with Crippen molar-refractivity contribution in [3.8, 4) is 0 Å². The number of thioether (sulfide) groups is 1. The van der Waals surface area contributed by atoms with Gasteiger partial charge in [0.05, 0.1) is 5.69 Å². The highest BCUT2D eigenvalue weighted by atomic mass is 127. The Labute approximate surface area is 143 Å². The second kappa shape index (κ2) is 7.70. The molecule has 2 aromatic carbocycles. The highest BCUT2D eigenvalue weighted by molar-refractivity contribution is 14.1. The first-order valence-electron chi connectivity index (χ1n) is 6.56. The molecule has 0 aliphatic heterocycles. The standard InChI is InChI=1S/C16H17IN2OS/c1-11(18-13-7-5-6-12(17)10-13)16(20)19-14-8-3-4-9-15(14)21-2/h3-11,18H,1-2H3,(H,19,20)/t11-/m0/s1. The van der Waals surface area contributed by atoms with Crippen molar-refractivity contribution in [2.75, 3.05) is 16.9 Å². The van der Waals surface area contributed by atoms with E-state index in [-0.39, 0.29) is 11.9 Å². The summed E-state index contributed by atoms with van der Waals surface area (Å²) in [6, 6.07) is 15.5. The maximum atomic E-state index is 12.3. The van der Waals surface area contributed by atoms with Gasteiger partial charge in [-0.05, 0) is 66.1 Å². The number of para-hydroxylation sites is 1. The molecule has 0 unspecified atom stereocenters. The molecule has 3 nitrogen and oxygen atoms in total. The van der Waals surface area contributed by atoms with Gasteiger partial charge in [0.2, 0.25) is 5.91 Å². The van der Waals surface area contributed by atoms with Gasteiger partial charge in [0.25, 0.3) is 0 Å². The lowest BCUT2D eigenvalue weighted by molar-refractivity contribution is -0.116. The summed E-state index contributed by atoms with van der Waals surface area (Å²) in [6.45, 7) is 1.86. The van der Waals surface area contributed by atoms with Crippen molar-refractivity contribution in [1.29, 1.82) is 0 Å². The number of anilines is 2. The molecule has 0 fully saturated rings. The van der Waals surface area contributed by atoms with E-state index in [0.717, 1.165) is 19.8 Å². The highest BCUT2D eigenvalue weighted by Gasteiger charge is 2.14. The average Bonchev–Trinajstić information content (AvgIpc) is 2.47. The van der Waals surface area contributed by atoms with E-state index in [0.29, 0.717) is 0 Å². The zero-order valence-electron chi connectivity index (χ0n) is 11.9. The lowest BCUT2D eigenvalue weighted by Gasteiger charge is -2.16. The Morgan fingerprint density at radius 2 is 1.95 bits per heavy atom. The summed E-state index contributed by atoms with van der Waals surface area (Å²) in [5.74, 6) is -0.0460. The number of amides is 1. The van der Waals surface area contributed by atoms with Gasteiger partial charge in [-0.15, -0.1) is 11.8 Å². The van der Waals surface area contributed by atoms with E-state index < -0.39 is 0 Å². The molecule has 0 saturated heterocycles. The van der Waals surface area contributed by atoms with Gasteiger partial charge in [-0.25, -0.2) is 0 Å². The third-order valence-electron chi connectivity index (χ3n) is 2.97. The first-order chi connectivity index (χ1) is 10.1. The van der Waals surface area contributed by atoms with Crippen molar-refractivity contribution in [2.24, 2.45) is 0 Å². The maximum Gasteiger partial charge on any atom is 0.246 e. The van der Waals surface area contributed by atoms with E-state index in [1.165, 1.54) is 0 Å². The Bertz CT molecular complexity index is 633. The van der Waals surface area contributed by atoms with Gasteiger partial charge in [-0.3, -0.25) is 4.79 Å². The number of rotatable bonds is 5. The molecule has 2 aromatic rings. The number of hydrogen-bond acceptors (Lipinski definition) is 3. The van der Waals surface area contributed by atoms with E-state index >= 15 is 0 Å². The Morgan fingerprint density at radius 1 is 1.19 bits per heavy atom. The minimum atomic E-state index is -0.307. The molecule has 0 aliphatic rings. The van der Waals surface area contributed by atoms with Crippen LogP contribution < -0.4 is 10.6 Å². The second-order valence-electron chi connectivity index (χ2n) is 4.57. The van der Waals surface area contributed by atoms with Crippen LogP contribution in [0.2, 0.25) is 0 Å². The Kier molecular flexibility index (Phi) is 5.93. The van der Waals surface area contributed by atoms with Crippen LogP contribution in [0.5, 0.6) is 0 Å². The molecular weight excluding hydrogens is 395 g/mol. The first kappa shape index (κ1) is 16.2. The van der Waals surface area contributed by atoms with Crippen LogP contribution in [0, 0.1) is 3.57 Å². The van der Waals surface area contributed by atoms with E-state index in [9.17, 15) is 4.79 Å². The molecule has 1 amide bonds. The minimum absolute atomic E-state index is 0.0460. The van der Waals surface area contributed by atoms with Gasteiger partial charge in [0.15, 0.2) is 0 Å². The monoisotopic (exact) mass is 412 g/mol. The van der Waals surface area contributed by atoms with E-state index in [1.807, 2.05) is 61.7 Å². The molecule has 0 saturated carbocycles. The zero-order chi connectivity index (χ0) is 15.2. The summed E-state index contributed by atoms with van der Waals surface area (Å²) in [7, 11) is 0. The Morgan fingerprint density at radius 3 is 2.67 bits per heavy atom. The van der Waals surface area contributed by atoms with Gasteiger partial charge >= 0.3 is 0 Å². The molecule has 0 bridgehead atoms. The minimum Gasteiger partial charge on any atom is -0.374 e. The number of benzene rings is 2. The van der Waals surface area contributed by atoms with Crippen LogP contribution in [-0.2, 0) is 4.79 Å². The molecule has 0 spiro atoms. The van der Waals surface area contributed by atoms with Gasteiger partial charge < -0.3 is 10.6 Å². The summed E-state index contributed by atoms with van der Waals surface area (Å²) in [6.07, 6.45) is 2.00. The number of nitrogens with one attached hydrogen (secondary N) is 2. The summed E-state index contributed by atoms with van der Waals surface area (Å²) in [5.41, 5.74) is 1.80. The topological polar surface area (TPSA) is 41.1 Å². The van der Waals surface area contributed by atoms with Crippen molar-refractivity contribution in [2.45, 2.75) is 17.9 Å². The molecule has 0 heterocycles. The number of halogens is 1. The van der Waals surface area contributed by atoms with Gasteiger partial charge in [-0.1, -0.05) is 18.2 Å². The van der Waals surface area contributed by atoms with Crippen molar-refractivity contribution in [1.82, 2.24) is 0 Å². The third kappa shape index (κ3) is 4.64. The van der Waals surface area contributed by atoms with E-state index in [1.54, 1.807) is 11.8 Å². The van der Waals surface area contributed by atoms with Crippen molar-refractivity contribution >= 4 is 51.6 Å². The molecule has 2 N–H and O–H groups in total. The maximum absolute atomic E-state index is 12.3. The first-order valence-corrected chi connectivity index (χ1v) is 8.86. The predicted octanol–water partition coefficient (Wildman–Crippen LogP) is 4.45. The fourth-order valence-electron chi connectivity index (χ4n) is 1.88. The smallest absolute Gasteiger partial charge is 0.246 e. The number of carbonyl (C=O) groups is 1. The molecule has 0 aromatic heterocycles. The average molecular weight is 412 g/mol. The Hall–Kier alpha value is -1.21. The highest BCUT2D eigenvalue weighted by Crippen LogP contribution is 2.24. The van der Waals surface area contributed by atoms with Crippen LogP contribution in [0.4, 0.5) is 11.4 Å². The quantitative estimate of drug-likeness (QED) is 0.563. The zero-order valence-corrected chi connectivity index (χ0v) is 14.9. The third-order valence-corrected chi connectivity index (χ3v) is 4.43. The SMILES string of the molecule is CSc1ccccc1NC(=O)[C@H](C)Nc1cccc(I)c1. The number of hydrogen-bond donors (Lipinski definition) is 2. The molecule has 1 atom stereocenters. The van der Waals surface area contributed by atoms with Gasteiger partial charge in [-0.2, -0.15) is 0 Å². The summed E-state index contributed by atoms with van der Waals surface area (Å²) >= 11 is 3.87. The van der Waals surface area contributed by atoms with Crippen LogP contribution in [0.3, 0.4) is 0 Å². The van der Waals surface area contributed by atoms with Crippen molar-refractivity contribution < 1.29 is 4.79 Å². The van der Waals surface area contributed by atoms with Crippen LogP contribution in [0.1, 0.15) is 6.92 Å². The summed E-state index contributed by atoms with van der Waals surface area (Å²) < 4.78 is 1.14. The van der Waals surface area contributed by atoms with Crippen molar-refractivity contribution in [3.05, 3.63) is 52.1 Å². The molecule has 110 valence electrons.